The van der Waals surface area contributed by atoms with Gasteiger partial charge in [-0.1, -0.05) is 0 Å². The number of nitrogens with zero attached hydrogens (tertiary/aromatic N) is 2. The Morgan fingerprint density at radius 1 is 1.65 bits per heavy atom. The van der Waals surface area contributed by atoms with E-state index in [1.807, 2.05) is 6.92 Å². The molecular weight excluding hydrogens is 222 g/mol. The number of ether oxygens (including phenoxy) is 2. The van der Waals surface area contributed by atoms with Gasteiger partial charge in [-0.3, -0.25) is 0 Å². The Morgan fingerprint density at radius 3 is 3.06 bits per heavy atom. The first-order valence-electron chi connectivity index (χ1n) is 5.68. The summed E-state index contributed by atoms with van der Waals surface area (Å²) in [4.78, 5) is 15.6. The molecule has 0 radical (unpaired) electrons. The number of imidazole rings is 1. The van der Waals surface area contributed by atoms with E-state index in [4.69, 9.17) is 15.2 Å². The third-order valence-electron chi connectivity index (χ3n) is 2.09. The van der Waals surface area contributed by atoms with Crippen LogP contribution in [0.15, 0.2) is 12.5 Å². The molecule has 0 saturated heterocycles. The molecular formula is C11H19N3O3. The second-order valence-electron chi connectivity index (χ2n) is 3.66. The van der Waals surface area contributed by atoms with Crippen LogP contribution in [0.25, 0.3) is 0 Å². The molecule has 0 aliphatic heterocycles. The number of esters is 1. The summed E-state index contributed by atoms with van der Waals surface area (Å²) in [6, 6.07) is 0. The zero-order chi connectivity index (χ0) is 12.7. The molecule has 0 spiro atoms. The summed E-state index contributed by atoms with van der Waals surface area (Å²) in [6.07, 6.45) is 2.92. The SMILES string of the molecule is CCOCC(C)OC(=O)c1cn(CCN)cn1. The van der Waals surface area contributed by atoms with E-state index in [0.717, 1.165) is 0 Å². The number of carbonyl (C=O) groups excluding carboxylic acids is 1. The molecule has 17 heavy (non-hydrogen) atoms. The van der Waals surface area contributed by atoms with E-state index >= 15 is 0 Å². The first-order chi connectivity index (χ1) is 8.17. The fourth-order valence-electron chi connectivity index (χ4n) is 1.30. The predicted molar refractivity (Wildman–Crippen MR) is 62.7 cm³/mol. The van der Waals surface area contributed by atoms with Gasteiger partial charge in [-0.05, 0) is 13.8 Å². The summed E-state index contributed by atoms with van der Waals surface area (Å²) in [5.41, 5.74) is 5.69. The summed E-state index contributed by atoms with van der Waals surface area (Å²) in [7, 11) is 0. The molecule has 1 heterocycles. The second-order valence-corrected chi connectivity index (χ2v) is 3.66. The number of nitrogens with two attached hydrogens (primary N) is 1. The highest BCUT2D eigenvalue weighted by atomic mass is 16.6. The topological polar surface area (TPSA) is 79.4 Å². The van der Waals surface area contributed by atoms with Crippen LogP contribution in [0, 0.1) is 0 Å². The third kappa shape index (κ3) is 4.54. The fraction of sp³-hybridized carbons (Fsp3) is 0.636. The molecule has 0 saturated carbocycles. The number of carbonyl (C=O) groups is 1. The van der Waals surface area contributed by atoms with Crippen LogP contribution in [-0.2, 0) is 16.0 Å². The Hall–Kier alpha value is -1.40. The van der Waals surface area contributed by atoms with Crippen LogP contribution in [0.4, 0.5) is 0 Å². The maximum Gasteiger partial charge on any atom is 0.358 e. The summed E-state index contributed by atoms with van der Waals surface area (Å²) < 4.78 is 12.1. The summed E-state index contributed by atoms with van der Waals surface area (Å²) >= 11 is 0. The number of rotatable bonds is 7. The highest BCUT2D eigenvalue weighted by Gasteiger charge is 2.14. The summed E-state index contributed by atoms with van der Waals surface area (Å²) in [5, 5.41) is 0. The van der Waals surface area contributed by atoms with E-state index in [2.05, 4.69) is 4.98 Å². The minimum Gasteiger partial charge on any atom is -0.455 e. The average molecular weight is 241 g/mol. The lowest BCUT2D eigenvalue weighted by atomic mass is 10.4. The second kappa shape index (κ2) is 7.03. The lowest BCUT2D eigenvalue weighted by Gasteiger charge is -2.11. The summed E-state index contributed by atoms with van der Waals surface area (Å²) in [6.45, 7) is 5.81. The Balaban J connectivity index is 2.45. The van der Waals surface area contributed by atoms with Crippen molar-refractivity contribution in [2.24, 2.45) is 5.73 Å². The van der Waals surface area contributed by atoms with Crippen molar-refractivity contribution in [2.45, 2.75) is 26.5 Å². The minimum absolute atomic E-state index is 0.276. The van der Waals surface area contributed by atoms with E-state index < -0.39 is 5.97 Å². The van der Waals surface area contributed by atoms with Crippen molar-refractivity contribution in [1.29, 1.82) is 0 Å². The van der Waals surface area contributed by atoms with Crippen molar-refractivity contribution >= 4 is 5.97 Å². The van der Waals surface area contributed by atoms with Crippen molar-refractivity contribution < 1.29 is 14.3 Å². The molecule has 1 atom stereocenters. The maximum absolute atomic E-state index is 11.7. The van der Waals surface area contributed by atoms with Crippen molar-refractivity contribution in [3.8, 4) is 0 Å². The molecule has 0 amide bonds. The number of aromatic nitrogens is 2. The Bertz CT molecular complexity index is 351. The van der Waals surface area contributed by atoms with Crippen molar-refractivity contribution in [2.75, 3.05) is 19.8 Å². The van der Waals surface area contributed by atoms with Gasteiger partial charge in [0.05, 0.1) is 12.9 Å². The zero-order valence-corrected chi connectivity index (χ0v) is 10.3. The predicted octanol–water partition coefficient (Wildman–Crippen LogP) is 0.424. The highest BCUT2D eigenvalue weighted by molar-refractivity contribution is 5.87. The monoisotopic (exact) mass is 241 g/mol. The Kier molecular flexibility index (Phi) is 5.65. The maximum atomic E-state index is 11.7. The van der Waals surface area contributed by atoms with Crippen LogP contribution in [0.2, 0.25) is 0 Å². The van der Waals surface area contributed by atoms with Crippen molar-refractivity contribution in [1.82, 2.24) is 9.55 Å². The molecule has 1 aromatic rings. The van der Waals surface area contributed by atoms with Crippen molar-refractivity contribution in [3.63, 3.8) is 0 Å². The number of hydrogen-bond acceptors (Lipinski definition) is 5. The lowest BCUT2D eigenvalue weighted by molar-refractivity contribution is 0.00391. The van der Waals surface area contributed by atoms with Gasteiger partial charge in [0, 0.05) is 25.9 Å². The molecule has 0 aromatic carbocycles. The van der Waals surface area contributed by atoms with Gasteiger partial charge in [0.1, 0.15) is 6.10 Å². The third-order valence-corrected chi connectivity index (χ3v) is 2.09. The summed E-state index contributed by atoms with van der Waals surface area (Å²) in [5.74, 6) is -0.437. The van der Waals surface area contributed by atoms with Crippen LogP contribution >= 0.6 is 0 Å². The van der Waals surface area contributed by atoms with Gasteiger partial charge in [-0.15, -0.1) is 0 Å². The van der Waals surface area contributed by atoms with E-state index in [-0.39, 0.29) is 6.10 Å². The molecule has 1 unspecified atom stereocenters. The van der Waals surface area contributed by atoms with Crippen LogP contribution in [0.5, 0.6) is 0 Å². The van der Waals surface area contributed by atoms with Gasteiger partial charge in [-0.25, -0.2) is 9.78 Å². The van der Waals surface area contributed by atoms with Crippen LogP contribution in [0.3, 0.4) is 0 Å². The molecule has 0 fully saturated rings. The van der Waals surface area contributed by atoms with Gasteiger partial charge >= 0.3 is 5.97 Å². The molecule has 0 aliphatic rings. The molecule has 0 bridgehead atoms. The van der Waals surface area contributed by atoms with Gasteiger partial charge < -0.3 is 19.8 Å². The molecule has 2 N–H and O–H groups in total. The zero-order valence-electron chi connectivity index (χ0n) is 10.3. The molecule has 1 aromatic heterocycles. The first kappa shape index (κ1) is 13.7. The number of hydrogen-bond donors (Lipinski definition) is 1. The largest absolute Gasteiger partial charge is 0.455 e. The van der Waals surface area contributed by atoms with Crippen LogP contribution in [0.1, 0.15) is 24.3 Å². The molecule has 96 valence electrons. The molecule has 6 nitrogen and oxygen atoms in total. The van der Waals surface area contributed by atoms with Gasteiger partial charge in [-0.2, -0.15) is 0 Å². The standard InChI is InChI=1S/C11H19N3O3/c1-3-16-7-9(2)17-11(15)10-6-14(5-4-12)8-13-10/h6,8-9H,3-5,7,12H2,1-2H3. The lowest BCUT2D eigenvalue weighted by Crippen LogP contribution is -2.20. The normalized spacial score (nSPS) is 12.4. The smallest absolute Gasteiger partial charge is 0.358 e. The van der Waals surface area contributed by atoms with Crippen LogP contribution < -0.4 is 5.73 Å². The van der Waals surface area contributed by atoms with Gasteiger partial charge in [0.25, 0.3) is 0 Å². The van der Waals surface area contributed by atoms with Crippen molar-refractivity contribution in [3.05, 3.63) is 18.2 Å². The molecule has 1 rings (SSSR count). The van der Waals surface area contributed by atoms with Gasteiger partial charge in [0.15, 0.2) is 5.69 Å². The van der Waals surface area contributed by atoms with E-state index in [0.29, 0.717) is 32.0 Å². The minimum atomic E-state index is -0.437. The molecule has 0 aliphatic carbocycles. The van der Waals surface area contributed by atoms with Gasteiger partial charge in [0.2, 0.25) is 0 Å². The van der Waals surface area contributed by atoms with E-state index in [1.54, 1.807) is 24.0 Å². The quantitative estimate of drug-likeness (QED) is 0.700. The molecule has 6 heteroatoms. The van der Waals surface area contributed by atoms with E-state index in [1.165, 1.54) is 0 Å². The van der Waals surface area contributed by atoms with E-state index in [9.17, 15) is 4.79 Å². The Labute approximate surface area is 101 Å². The Morgan fingerprint density at radius 2 is 2.41 bits per heavy atom. The highest BCUT2D eigenvalue weighted by Crippen LogP contribution is 2.02. The van der Waals surface area contributed by atoms with Crippen LogP contribution in [-0.4, -0.2) is 41.4 Å². The average Bonchev–Trinajstić information content (AvgIpc) is 2.75. The first-order valence-corrected chi connectivity index (χ1v) is 5.68. The fourth-order valence-corrected chi connectivity index (χ4v) is 1.30.